The van der Waals surface area contributed by atoms with Crippen LogP contribution in [0, 0.1) is 11.3 Å². The van der Waals surface area contributed by atoms with Gasteiger partial charge in [-0.05, 0) is 36.2 Å². The van der Waals surface area contributed by atoms with Crippen molar-refractivity contribution < 1.29 is 9.53 Å². The summed E-state index contributed by atoms with van der Waals surface area (Å²) in [7, 11) is 0. The van der Waals surface area contributed by atoms with Crippen LogP contribution in [0.1, 0.15) is 27.9 Å². The second-order valence-electron chi connectivity index (χ2n) is 7.54. The van der Waals surface area contributed by atoms with Gasteiger partial charge in [0.15, 0.2) is 11.6 Å². The maximum Gasteiger partial charge on any atom is 0.253 e. The first-order valence-electron chi connectivity index (χ1n) is 10.1. The molecule has 2 heterocycles. The van der Waals surface area contributed by atoms with Crippen LogP contribution in [0.15, 0.2) is 60.8 Å². The highest BCUT2D eigenvalue weighted by atomic mass is 16.5. The summed E-state index contributed by atoms with van der Waals surface area (Å²) in [6.45, 7) is 1.50. The zero-order valence-corrected chi connectivity index (χ0v) is 17.0. The lowest BCUT2D eigenvalue weighted by atomic mass is 10.0. The Kier molecular flexibility index (Phi) is 5.83. The van der Waals surface area contributed by atoms with Gasteiger partial charge in [0.25, 0.3) is 5.91 Å². The van der Waals surface area contributed by atoms with Crippen molar-refractivity contribution in [2.45, 2.75) is 19.1 Å². The smallest absolute Gasteiger partial charge is 0.253 e. The van der Waals surface area contributed by atoms with E-state index in [-0.39, 0.29) is 24.4 Å². The highest BCUT2D eigenvalue weighted by Crippen LogP contribution is 2.28. The number of hydrogen-bond acceptors (Lipinski definition) is 6. The largest absolute Gasteiger partial charge is 0.485 e. The average Bonchev–Trinajstić information content (AvgIpc) is 3.24. The number of nitriles is 1. The van der Waals surface area contributed by atoms with Gasteiger partial charge >= 0.3 is 0 Å². The molecule has 2 aromatic carbocycles. The lowest BCUT2D eigenvalue weighted by Crippen LogP contribution is -2.31. The Hall–Kier alpha value is -3.89. The van der Waals surface area contributed by atoms with Gasteiger partial charge in [0.2, 0.25) is 0 Å². The summed E-state index contributed by atoms with van der Waals surface area (Å²) in [5, 5.41) is 9.23. The topological polar surface area (TPSA) is 118 Å². The number of nitrogens with zero attached hydrogens (tertiary/aromatic N) is 3. The first kappa shape index (κ1) is 20.4. The molecule has 0 aliphatic carbocycles. The molecule has 31 heavy (non-hydrogen) atoms. The molecule has 7 nitrogen and oxygen atoms in total. The van der Waals surface area contributed by atoms with Crippen molar-refractivity contribution in [2.75, 3.05) is 18.8 Å². The fourth-order valence-electron chi connectivity index (χ4n) is 3.60. The standard InChI is InChI=1S/C24H23N5O2/c25-12-18-3-1-2-4-19(18)15-31-22-11-20(13-28-23(22)27)16-5-7-17(8-6-16)24(30)29-10-9-21(26)14-29/h1-8,11,13,21H,9-10,14-15,26H2,(H2,27,28)/t21-/m0/s1. The van der Waals surface area contributed by atoms with Crippen LogP contribution in [0.4, 0.5) is 5.82 Å². The van der Waals surface area contributed by atoms with Crippen LogP contribution < -0.4 is 16.2 Å². The molecule has 0 spiro atoms. The van der Waals surface area contributed by atoms with Crippen molar-refractivity contribution in [3.8, 4) is 22.9 Å². The molecule has 156 valence electrons. The molecule has 1 saturated heterocycles. The van der Waals surface area contributed by atoms with Gasteiger partial charge in [-0.3, -0.25) is 4.79 Å². The van der Waals surface area contributed by atoms with Crippen molar-refractivity contribution in [3.63, 3.8) is 0 Å². The van der Waals surface area contributed by atoms with Gasteiger partial charge in [-0.1, -0.05) is 30.3 Å². The molecule has 1 aliphatic heterocycles. The maximum absolute atomic E-state index is 12.6. The molecular formula is C24H23N5O2. The van der Waals surface area contributed by atoms with Crippen LogP contribution in [0.2, 0.25) is 0 Å². The number of nitrogens with two attached hydrogens (primary N) is 2. The highest BCUT2D eigenvalue weighted by Gasteiger charge is 2.24. The number of pyridine rings is 1. The molecule has 7 heteroatoms. The minimum absolute atomic E-state index is 0.00453. The molecule has 0 unspecified atom stereocenters. The van der Waals surface area contributed by atoms with E-state index in [4.69, 9.17) is 16.2 Å². The number of anilines is 1. The predicted octanol–water partition coefficient (Wildman–Crippen LogP) is 2.95. The summed E-state index contributed by atoms with van der Waals surface area (Å²) in [5.41, 5.74) is 15.6. The fourth-order valence-corrected chi connectivity index (χ4v) is 3.60. The summed E-state index contributed by atoms with van der Waals surface area (Å²) >= 11 is 0. The average molecular weight is 413 g/mol. The molecule has 0 radical (unpaired) electrons. The number of ether oxygens (including phenoxy) is 1. The van der Waals surface area contributed by atoms with Gasteiger partial charge in [-0.15, -0.1) is 0 Å². The predicted molar refractivity (Wildman–Crippen MR) is 118 cm³/mol. The van der Waals surface area contributed by atoms with Crippen molar-refractivity contribution in [1.29, 1.82) is 5.26 Å². The monoisotopic (exact) mass is 413 g/mol. The summed E-state index contributed by atoms with van der Waals surface area (Å²) < 4.78 is 5.86. The number of likely N-dealkylation sites (tertiary alicyclic amines) is 1. The van der Waals surface area contributed by atoms with E-state index in [2.05, 4.69) is 11.1 Å². The Bertz CT molecular complexity index is 1140. The highest BCUT2D eigenvalue weighted by molar-refractivity contribution is 5.95. The zero-order chi connectivity index (χ0) is 21.8. The maximum atomic E-state index is 12.6. The minimum Gasteiger partial charge on any atom is -0.485 e. The van der Waals surface area contributed by atoms with E-state index in [0.717, 1.165) is 23.1 Å². The Morgan fingerprint density at radius 3 is 2.68 bits per heavy atom. The van der Waals surface area contributed by atoms with E-state index in [9.17, 15) is 10.1 Å². The van der Waals surface area contributed by atoms with Crippen molar-refractivity contribution >= 4 is 11.7 Å². The second-order valence-corrected chi connectivity index (χ2v) is 7.54. The number of benzene rings is 2. The SMILES string of the molecule is N#Cc1ccccc1COc1cc(-c2ccc(C(=O)N3CC[C@H](N)C3)cc2)cnc1N. The molecule has 3 aromatic rings. The van der Waals surface area contributed by atoms with E-state index in [1.165, 1.54) is 0 Å². The molecule has 0 saturated carbocycles. The number of nitrogen functional groups attached to an aromatic ring is 1. The summed E-state index contributed by atoms with van der Waals surface area (Å²) in [6, 6.07) is 18.7. The molecule has 1 aliphatic rings. The van der Waals surface area contributed by atoms with Gasteiger partial charge in [0, 0.05) is 42.0 Å². The van der Waals surface area contributed by atoms with Crippen LogP contribution >= 0.6 is 0 Å². The number of amides is 1. The van der Waals surface area contributed by atoms with E-state index in [0.29, 0.717) is 30.0 Å². The van der Waals surface area contributed by atoms with Gasteiger partial charge in [0.1, 0.15) is 6.61 Å². The van der Waals surface area contributed by atoms with Gasteiger partial charge in [0.05, 0.1) is 11.6 Å². The van der Waals surface area contributed by atoms with Gasteiger partial charge in [-0.25, -0.2) is 4.98 Å². The lowest BCUT2D eigenvalue weighted by Gasteiger charge is -2.16. The number of aromatic nitrogens is 1. The Labute approximate surface area is 180 Å². The van der Waals surface area contributed by atoms with Crippen LogP contribution in [0.5, 0.6) is 5.75 Å². The van der Waals surface area contributed by atoms with Crippen LogP contribution in [0.25, 0.3) is 11.1 Å². The first-order valence-corrected chi connectivity index (χ1v) is 10.1. The van der Waals surface area contributed by atoms with Crippen molar-refractivity contribution in [3.05, 3.63) is 77.5 Å². The Morgan fingerprint density at radius 2 is 1.97 bits per heavy atom. The second kappa shape index (κ2) is 8.86. The third-order valence-corrected chi connectivity index (χ3v) is 5.38. The molecular weight excluding hydrogens is 390 g/mol. The third-order valence-electron chi connectivity index (χ3n) is 5.38. The van der Waals surface area contributed by atoms with E-state index >= 15 is 0 Å². The number of carbonyl (C=O) groups excluding carboxylic acids is 1. The Morgan fingerprint density at radius 1 is 1.19 bits per heavy atom. The number of rotatable bonds is 5. The molecule has 1 aromatic heterocycles. The van der Waals surface area contributed by atoms with Crippen molar-refractivity contribution in [1.82, 2.24) is 9.88 Å². The van der Waals surface area contributed by atoms with E-state index in [1.807, 2.05) is 48.5 Å². The van der Waals surface area contributed by atoms with Crippen molar-refractivity contribution in [2.24, 2.45) is 5.73 Å². The Balaban J connectivity index is 1.50. The quantitative estimate of drug-likeness (QED) is 0.664. The van der Waals surface area contributed by atoms with E-state index < -0.39 is 0 Å². The van der Waals surface area contributed by atoms with Crippen LogP contribution in [0.3, 0.4) is 0 Å². The summed E-state index contributed by atoms with van der Waals surface area (Å²) in [4.78, 5) is 18.6. The number of carbonyl (C=O) groups is 1. The molecule has 0 bridgehead atoms. The molecule has 4 N–H and O–H groups in total. The van der Waals surface area contributed by atoms with E-state index in [1.54, 1.807) is 17.2 Å². The summed E-state index contributed by atoms with van der Waals surface area (Å²) in [6.07, 6.45) is 2.50. The fraction of sp³-hybridized carbons (Fsp3) is 0.208. The molecule has 4 rings (SSSR count). The van der Waals surface area contributed by atoms with Crippen LogP contribution in [-0.2, 0) is 6.61 Å². The van der Waals surface area contributed by atoms with Crippen LogP contribution in [-0.4, -0.2) is 34.9 Å². The van der Waals surface area contributed by atoms with Gasteiger partial charge in [-0.2, -0.15) is 5.26 Å². The number of hydrogen-bond donors (Lipinski definition) is 2. The summed E-state index contributed by atoms with van der Waals surface area (Å²) in [5.74, 6) is 0.710. The third kappa shape index (κ3) is 4.49. The molecule has 1 atom stereocenters. The minimum atomic E-state index is -0.00453. The first-order chi connectivity index (χ1) is 15.0. The molecule has 1 fully saturated rings. The molecule has 1 amide bonds. The normalized spacial score (nSPS) is 15.5. The lowest BCUT2D eigenvalue weighted by molar-refractivity contribution is 0.0791. The van der Waals surface area contributed by atoms with Gasteiger partial charge < -0.3 is 21.1 Å². The zero-order valence-electron chi connectivity index (χ0n) is 17.0.